The van der Waals surface area contributed by atoms with E-state index >= 15 is 0 Å². The number of hydrogen-bond acceptors (Lipinski definition) is 3. The lowest BCUT2D eigenvalue weighted by molar-refractivity contribution is 0.174. The van der Waals surface area contributed by atoms with Gasteiger partial charge in [0.2, 0.25) is 6.79 Å². The molecule has 0 saturated heterocycles. The highest BCUT2D eigenvalue weighted by atomic mass is 79.9. The van der Waals surface area contributed by atoms with E-state index in [1.807, 2.05) is 36.4 Å². The second kappa shape index (κ2) is 5.18. The number of ether oxygens (including phenoxy) is 2. The van der Waals surface area contributed by atoms with Crippen molar-refractivity contribution in [2.24, 2.45) is 0 Å². The van der Waals surface area contributed by atoms with E-state index < -0.39 is 0 Å². The highest BCUT2D eigenvalue weighted by molar-refractivity contribution is 9.09. The fraction of sp³-hybridized carbons (Fsp3) is 0.188. The normalized spacial score (nSPS) is 13.8. The van der Waals surface area contributed by atoms with Crippen LogP contribution in [-0.2, 0) is 0 Å². The SMILES string of the molecule is CC(Br)c1ccc(C#N)cc1-c1ccc2c(c1)OCO2. The maximum Gasteiger partial charge on any atom is 0.231 e. The lowest BCUT2D eigenvalue weighted by Crippen LogP contribution is -1.93. The highest BCUT2D eigenvalue weighted by Gasteiger charge is 2.16. The molecule has 0 aromatic heterocycles. The number of nitriles is 1. The minimum absolute atomic E-state index is 0.204. The zero-order chi connectivity index (χ0) is 14.1. The standard InChI is InChI=1S/C16H12BrNO2/c1-10(17)13-4-2-11(8-18)6-14(13)12-3-5-15-16(7-12)20-9-19-15/h2-7,10H,9H2,1H3. The van der Waals surface area contributed by atoms with Crippen LogP contribution in [0.1, 0.15) is 22.9 Å². The number of nitrogens with zero attached hydrogens (tertiary/aromatic N) is 1. The van der Waals surface area contributed by atoms with E-state index in [-0.39, 0.29) is 11.6 Å². The van der Waals surface area contributed by atoms with Gasteiger partial charge in [0.1, 0.15) is 0 Å². The van der Waals surface area contributed by atoms with Crippen LogP contribution in [0.3, 0.4) is 0 Å². The van der Waals surface area contributed by atoms with Gasteiger partial charge in [-0.25, -0.2) is 0 Å². The first kappa shape index (κ1) is 13.0. The molecular formula is C16H12BrNO2. The molecule has 1 unspecified atom stereocenters. The first-order valence-corrected chi connectivity index (χ1v) is 7.19. The Morgan fingerprint density at radius 3 is 2.70 bits per heavy atom. The average Bonchev–Trinajstić information content (AvgIpc) is 2.93. The molecule has 3 nitrogen and oxygen atoms in total. The summed E-state index contributed by atoms with van der Waals surface area (Å²) in [5.74, 6) is 1.51. The molecule has 0 radical (unpaired) electrons. The minimum Gasteiger partial charge on any atom is -0.454 e. The first-order valence-electron chi connectivity index (χ1n) is 6.27. The van der Waals surface area contributed by atoms with Crippen LogP contribution in [0, 0.1) is 11.3 Å². The van der Waals surface area contributed by atoms with Crippen molar-refractivity contribution in [2.75, 3.05) is 6.79 Å². The Morgan fingerprint density at radius 1 is 1.15 bits per heavy atom. The molecule has 4 heteroatoms. The third-order valence-corrected chi connectivity index (χ3v) is 3.79. The fourth-order valence-corrected chi connectivity index (χ4v) is 2.69. The smallest absolute Gasteiger partial charge is 0.231 e. The molecule has 0 fully saturated rings. The van der Waals surface area contributed by atoms with Gasteiger partial charge in [0.25, 0.3) is 0 Å². The molecule has 1 aliphatic heterocycles. The van der Waals surface area contributed by atoms with Crippen LogP contribution in [0.25, 0.3) is 11.1 Å². The van der Waals surface area contributed by atoms with Crippen LogP contribution < -0.4 is 9.47 Å². The van der Waals surface area contributed by atoms with Crippen LogP contribution in [0.4, 0.5) is 0 Å². The number of benzene rings is 2. The fourth-order valence-electron chi connectivity index (χ4n) is 2.29. The third-order valence-electron chi connectivity index (χ3n) is 3.29. The predicted molar refractivity (Wildman–Crippen MR) is 80.1 cm³/mol. The molecule has 1 heterocycles. The van der Waals surface area contributed by atoms with Crippen molar-refractivity contribution in [3.63, 3.8) is 0 Å². The van der Waals surface area contributed by atoms with Crippen molar-refractivity contribution >= 4 is 15.9 Å². The summed E-state index contributed by atoms with van der Waals surface area (Å²) < 4.78 is 10.7. The zero-order valence-corrected chi connectivity index (χ0v) is 12.5. The minimum atomic E-state index is 0.204. The van der Waals surface area contributed by atoms with Gasteiger partial charge < -0.3 is 9.47 Å². The van der Waals surface area contributed by atoms with E-state index in [9.17, 15) is 0 Å². The van der Waals surface area contributed by atoms with Crippen molar-refractivity contribution in [3.05, 3.63) is 47.5 Å². The number of fused-ring (bicyclic) bond motifs is 1. The van der Waals surface area contributed by atoms with Gasteiger partial charge in [-0.05, 0) is 47.9 Å². The summed E-state index contributed by atoms with van der Waals surface area (Å²) in [7, 11) is 0. The van der Waals surface area contributed by atoms with E-state index in [2.05, 4.69) is 28.9 Å². The van der Waals surface area contributed by atoms with Gasteiger partial charge in [0, 0.05) is 4.83 Å². The van der Waals surface area contributed by atoms with Crippen LogP contribution in [0.5, 0.6) is 11.5 Å². The van der Waals surface area contributed by atoms with E-state index in [0.29, 0.717) is 5.56 Å². The molecule has 100 valence electrons. The molecular weight excluding hydrogens is 318 g/mol. The topological polar surface area (TPSA) is 42.2 Å². The maximum absolute atomic E-state index is 9.09. The number of alkyl halides is 1. The molecule has 2 aromatic rings. The average molecular weight is 330 g/mol. The molecule has 1 atom stereocenters. The van der Waals surface area contributed by atoms with Gasteiger partial charge >= 0.3 is 0 Å². The van der Waals surface area contributed by atoms with E-state index in [4.69, 9.17) is 14.7 Å². The summed E-state index contributed by atoms with van der Waals surface area (Å²) in [5, 5.41) is 9.09. The second-order valence-electron chi connectivity index (χ2n) is 4.60. The highest BCUT2D eigenvalue weighted by Crippen LogP contribution is 2.39. The van der Waals surface area contributed by atoms with Crippen molar-refractivity contribution < 1.29 is 9.47 Å². The number of halogens is 1. The van der Waals surface area contributed by atoms with Gasteiger partial charge in [-0.2, -0.15) is 5.26 Å². The van der Waals surface area contributed by atoms with E-state index in [1.54, 1.807) is 0 Å². The molecule has 0 saturated carbocycles. The molecule has 0 N–H and O–H groups in total. The van der Waals surface area contributed by atoms with Gasteiger partial charge in [-0.15, -0.1) is 0 Å². The van der Waals surface area contributed by atoms with Crippen molar-refractivity contribution in [1.82, 2.24) is 0 Å². The molecule has 0 aliphatic carbocycles. The zero-order valence-electron chi connectivity index (χ0n) is 10.9. The van der Waals surface area contributed by atoms with Gasteiger partial charge in [0.15, 0.2) is 11.5 Å². The summed E-state index contributed by atoms with van der Waals surface area (Å²) in [5.41, 5.74) is 3.84. The van der Waals surface area contributed by atoms with Gasteiger partial charge in [-0.1, -0.05) is 28.1 Å². The maximum atomic E-state index is 9.09. The predicted octanol–water partition coefficient (Wildman–Crippen LogP) is 4.41. The summed E-state index contributed by atoms with van der Waals surface area (Å²) in [6.45, 7) is 2.33. The van der Waals surface area contributed by atoms with Crippen molar-refractivity contribution in [3.8, 4) is 28.7 Å². The first-order chi connectivity index (χ1) is 9.69. The number of rotatable bonds is 2. The molecule has 0 spiro atoms. The quantitative estimate of drug-likeness (QED) is 0.766. The van der Waals surface area contributed by atoms with Crippen LogP contribution in [0.2, 0.25) is 0 Å². The van der Waals surface area contributed by atoms with Crippen LogP contribution in [0.15, 0.2) is 36.4 Å². The monoisotopic (exact) mass is 329 g/mol. The molecule has 20 heavy (non-hydrogen) atoms. The Hall–Kier alpha value is -1.99. The van der Waals surface area contributed by atoms with Crippen LogP contribution >= 0.6 is 15.9 Å². The van der Waals surface area contributed by atoms with Gasteiger partial charge in [-0.3, -0.25) is 0 Å². The number of hydrogen-bond donors (Lipinski definition) is 0. The van der Waals surface area contributed by atoms with E-state index in [1.165, 1.54) is 0 Å². The Kier molecular flexibility index (Phi) is 3.37. The summed E-state index contributed by atoms with van der Waals surface area (Å²) in [4.78, 5) is 0.204. The van der Waals surface area contributed by atoms with Crippen molar-refractivity contribution in [1.29, 1.82) is 5.26 Å². The summed E-state index contributed by atoms with van der Waals surface area (Å²) >= 11 is 3.60. The molecule has 1 aliphatic rings. The second-order valence-corrected chi connectivity index (χ2v) is 5.97. The Morgan fingerprint density at radius 2 is 1.95 bits per heavy atom. The molecule has 0 bridgehead atoms. The summed E-state index contributed by atoms with van der Waals surface area (Å²) in [6, 6.07) is 13.8. The Balaban J connectivity index is 2.15. The molecule has 2 aromatic carbocycles. The molecule has 3 rings (SSSR count). The largest absolute Gasteiger partial charge is 0.454 e. The van der Waals surface area contributed by atoms with Crippen LogP contribution in [-0.4, -0.2) is 6.79 Å². The van der Waals surface area contributed by atoms with Crippen molar-refractivity contribution in [2.45, 2.75) is 11.8 Å². The van der Waals surface area contributed by atoms with E-state index in [0.717, 1.165) is 28.2 Å². The Labute approximate surface area is 125 Å². The summed E-state index contributed by atoms with van der Waals surface area (Å²) in [6.07, 6.45) is 0. The van der Waals surface area contributed by atoms with Gasteiger partial charge in [0.05, 0.1) is 11.6 Å². The lowest BCUT2D eigenvalue weighted by Gasteiger charge is -2.13. The Bertz CT molecular complexity index is 704. The third kappa shape index (κ3) is 2.25. The molecule has 0 amide bonds. The lowest BCUT2D eigenvalue weighted by atomic mass is 9.96.